The summed E-state index contributed by atoms with van der Waals surface area (Å²) >= 11 is 0. The summed E-state index contributed by atoms with van der Waals surface area (Å²) in [4.78, 5) is 0. The summed E-state index contributed by atoms with van der Waals surface area (Å²) in [6.07, 6.45) is 9.57. The molecule has 0 aliphatic rings. The van der Waals surface area contributed by atoms with Crippen LogP contribution in [-0.2, 0) is 0 Å². The minimum absolute atomic E-state index is 0.0670. The Balaban J connectivity index is 2.32. The highest BCUT2D eigenvalue weighted by Gasteiger charge is 2.00. The maximum atomic E-state index is 9.32. The Morgan fingerprint density at radius 1 is 1.13 bits per heavy atom. The number of unbranched alkanes of at least 4 members (excludes halogenated alkanes) is 4. The molecule has 0 saturated heterocycles. The van der Waals surface area contributed by atoms with Crippen LogP contribution in [0.5, 0.6) is 11.8 Å². The van der Waals surface area contributed by atoms with Gasteiger partial charge in [-0.25, -0.2) is 0 Å². The van der Waals surface area contributed by atoms with E-state index in [9.17, 15) is 10.2 Å². The second kappa shape index (κ2) is 6.17. The molecule has 15 heavy (non-hydrogen) atoms. The van der Waals surface area contributed by atoms with Gasteiger partial charge in [0.15, 0.2) is 11.8 Å². The lowest BCUT2D eigenvalue weighted by atomic mass is 10.1. The summed E-state index contributed by atoms with van der Waals surface area (Å²) in [5, 5.41) is 18.6. The van der Waals surface area contributed by atoms with Crippen LogP contribution < -0.4 is 0 Å². The van der Waals surface area contributed by atoms with Gasteiger partial charge in [0.05, 0.1) is 0 Å². The molecule has 84 valence electrons. The average Bonchev–Trinajstić information content (AvgIpc) is 2.54. The molecule has 0 atom stereocenters. The minimum Gasteiger partial charge on any atom is -0.494 e. The van der Waals surface area contributed by atoms with E-state index in [0.717, 1.165) is 12.8 Å². The number of allylic oxidation sites excluding steroid dienone is 1. The molecule has 1 aromatic rings. The van der Waals surface area contributed by atoms with Crippen molar-refractivity contribution >= 4 is 6.20 Å². The Morgan fingerprint density at radius 2 is 1.80 bits per heavy atom. The fraction of sp³-hybridized carbons (Fsp3) is 0.500. The lowest BCUT2D eigenvalue weighted by molar-refractivity contribution is 0.407. The van der Waals surface area contributed by atoms with E-state index >= 15 is 0 Å². The second-order valence-electron chi connectivity index (χ2n) is 3.65. The quantitative estimate of drug-likeness (QED) is 0.706. The van der Waals surface area contributed by atoms with Crippen LogP contribution in [0.15, 0.2) is 18.2 Å². The minimum atomic E-state index is 0.0670. The maximum absolute atomic E-state index is 9.32. The van der Waals surface area contributed by atoms with E-state index in [2.05, 4.69) is 6.92 Å². The molecule has 3 nitrogen and oxygen atoms in total. The molecular formula is C12H19NO2. The van der Waals surface area contributed by atoms with E-state index in [1.165, 1.54) is 36.0 Å². The Bertz CT molecular complexity index is 296. The predicted molar refractivity (Wildman–Crippen MR) is 61.9 cm³/mol. The lowest BCUT2D eigenvalue weighted by Crippen LogP contribution is -1.83. The van der Waals surface area contributed by atoms with Gasteiger partial charge in [-0.2, -0.15) is 0 Å². The molecule has 0 aliphatic heterocycles. The molecule has 0 aliphatic carbocycles. The van der Waals surface area contributed by atoms with Gasteiger partial charge in [0.1, 0.15) is 0 Å². The molecular weight excluding hydrogens is 190 g/mol. The first kappa shape index (κ1) is 11.7. The van der Waals surface area contributed by atoms with Crippen molar-refractivity contribution in [3.63, 3.8) is 0 Å². The largest absolute Gasteiger partial charge is 0.494 e. The van der Waals surface area contributed by atoms with E-state index in [1.807, 2.05) is 6.08 Å². The van der Waals surface area contributed by atoms with Gasteiger partial charge in [-0.15, -0.1) is 0 Å². The molecule has 3 heteroatoms. The van der Waals surface area contributed by atoms with Crippen LogP contribution in [0.4, 0.5) is 0 Å². The zero-order chi connectivity index (χ0) is 11.1. The van der Waals surface area contributed by atoms with Gasteiger partial charge in [-0.05, 0) is 12.8 Å². The summed E-state index contributed by atoms with van der Waals surface area (Å²) in [5.41, 5.74) is 0. The topological polar surface area (TPSA) is 45.4 Å². The van der Waals surface area contributed by atoms with E-state index in [-0.39, 0.29) is 11.8 Å². The van der Waals surface area contributed by atoms with Crippen molar-refractivity contribution in [2.24, 2.45) is 0 Å². The summed E-state index contributed by atoms with van der Waals surface area (Å²) in [5.74, 6) is 0.134. The Kier molecular flexibility index (Phi) is 4.81. The lowest BCUT2D eigenvalue weighted by Gasteiger charge is -1.99. The first-order valence-corrected chi connectivity index (χ1v) is 5.51. The summed E-state index contributed by atoms with van der Waals surface area (Å²) in [6, 6.07) is 2.94. The van der Waals surface area contributed by atoms with E-state index in [4.69, 9.17) is 0 Å². The van der Waals surface area contributed by atoms with Gasteiger partial charge < -0.3 is 10.2 Å². The van der Waals surface area contributed by atoms with Crippen LogP contribution in [0.2, 0.25) is 0 Å². The van der Waals surface area contributed by atoms with Gasteiger partial charge in [0.25, 0.3) is 0 Å². The van der Waals surface area contributed by atoms with Crippen LogP contribution in [0, 0.1) is 0 Å². The van der Waals surface area contributed by atoms with Gasteiger partial charge >= 0.3 is 0 Å². The van der Waals surface area contributed by atoms with Gasteiger partial charge in [0.2, 0.25) is 0 Å². The predicted octanol–water partition coefficient (Wildman–Crippen LogP) is 3.34. The van der Waals surface area contributed by atoms with Crippen LogP contribution >= 0.6 is 0 Å². The fourth-order valence-corrected chi connectivity index (χ4v) is 1.45. The van der Waals surface area contributed by atoms with Crippen LogP contribution in [0.25, 0.3) is 6.20 Å². The molecule has 0 amide bonds. The van der Waals surface area contributed by atoms with Crippen molar-refractivity contribution in [2.45, 2.75) is 39.0 Å². The monoisotopic (exact) mass is 209 g/mol. The third kappa shape index (κ3) is 3.70. The zero-order valence-corrected chi connectivity index (χ0v) is 9.19. The zero-order valence-electron chi connectivity index (χ0n) is 9.19. The summed E-state index contributed by atoms with van der Waals surface area (Å²) in [7, 11) is 0. The van der Waals surface area contributed by atoms with Crippen molar-refractivity contribution in [3.8, 4) is 11.8 Å². The molecule has 0 radical (unpaired) electrons. The Morgan fingerprint density at radius 3 is 2.40 bits per heavy atom. The van der Waals surface area contributed by atoms with Gasteiger partial charge in [0, 0.05) is 18.3 Å². The van der Waals surface area contributed by atoms with Gasteiger partial charge in [-0.3, -0.25) is 4.57 Å². The number of hydrogen-bond acceptors (Lipinski definition) is 2. The normalized spacial score (nSPS) is 11.3. The molecule has 1 aromatic heterocycles. The number of aromatic hydroxyl groups is 2. The highest BCUT2D eigenvalue weighted by atomic mass is 16.3. The standard InChI is InChI=1S/C12H19NO2/c1-2-3-4-5-6-7-10-13-11(14)8-9-12(13)15/h7-10,14-15H,2-6H2,1H3. The Hall–Kier alpha value is -1.38. The summed E-state index contributed by atoms with van der Waals surface area (Å²) < 4.78 is 1.36. The number of rotatable bonds is 6. The van der Waals surface area contributed by atoms with Gasteiger partial charge in [-0.1, -0.05) is 32.3 Å². The first-order chi connectivity index (χ1) is 7.25. The molecule has 0 saturated carbocycles. The van der Waals surface area contributed by atoms with E-state index < -0.39 is 0 Å². The molecule has 0 spiro atoms. The van der Waals surface area contributed by atoms with Crippen LogP contribution in [0.1, 0.15) is 39.0 Å². The van der Waals surface area contributed by atoms with Crippen molar-refractivity contribution in [1.29, 1.82) is 0 Å². The first-order valence-electron chi connectivity index (χ1n) is 5.51. The van der Waals surface area contributed by atoms with Crippen molar-refractivity contribution in [3.05, 3.63) is 18.2 Å². The number of aromatic nitrogens is 1. The number of hydrogen-bond donors (Lipinski definition) is 2. The summed E-state index contributed by atoms with van der Waals surface area (Å²) in [6.45, 7) is 2.19. The third-order valence-corrected chi connectivity index (χ3v) is 2.35. The molecule has 0 bridgehead atoms. The maximum Gasteiger partial charge on any atom is 0.198 e. The molecule has 2 N–H and O–H groups in total. The fourth-order valence-electron chi connectivity index (χ4n) is 1.45. The second-order valence-corrected chi connectivity index (χ2v) is 3.65. The van der Waals surface area contributed by atoms with Crippen molar-refractivity contribution in [2.75, 3.05) is 0 Å². The van der Waals surface area contributed by atoms with Crippen molar-refractivity contribution in [1.82, 2.24) is 4.57 Å². The third-order valence-electron chi connectivity index (χ3n) is 2.35. The van der Waals surface area contributed by atoms with E-state index in [0.29, 0.717) is 0 Å². The highest BCUT2D eigenvalue weighted by molar-refractivity contribution is 5.38. The SMILES string of the molecule is CCCCCCC=Cn1c(O)ccc1O. The van der Waals surface area contributed by atoms with Crippen LogP contribution in [-0.4, -0.2) is 14.8 Å². The van der Waals surface area contributed by atoms with Crippen LogP contribution in [0.3, 0.4) is 0 Å². The molecule has 0 aromatic carbocycles. The molecule has 1 rings (SSSR count). The average molecular weight is 209 g/mol. The smallest absolute Gasteiger partial charge is 0.198 e. The molecule has 0 fully saturated rings. The highest BCUT2D eigenvalue weighted by Crippen LogP contribution is 2.21. The van der Waals surface area contributed by atoms with E-state index in [1.54, 1.807) is 6.20 Å². The number of nitrogens with zero attached hydrogens (tertiary/aromatic N) is 1. The molecule has 1 heterocycles. The molecule has 0 unspecified atom stereocenters. The Labute approximate surface area is 90.7 Å². The van der Waals surface area contributed by atoms with Crippen molar-refractivity contribution < 1.29 is 10.2 Å².